The Kier molecular flexibility index (Phi) is 9.81. The van der Waals surface area contributed by atoms with Crippen LogP contribution in [0.15, 0.2) is 79.1 Å². The number of aromatic nitrogens is 2. The van der Waals surface area contributed by atoms with Crippen molar-refractivity contribution >= 4 is 34.6 Å². The van der Waals surface area contributed by atoms with Crippen LogP contribution in [0.5, 0.6) is 0 Å². The van der Waals surface area contributed by atoms with Gasteiger partial charge in [0.05, 0.1) is 6.42 Å². The topological polar surface area (TPSA) is 116 Å². The summed E-state index contributed by atoms with van der Waals surface area (Å²) in [7, 11) is 1.77. The monoisotopic (exact) mass is 560 g/mol. The van der Waals surface area contributed by atoms with E-state index in [9.17, 15) is 9.18 Å². The van der Waals surface area contributed by atoms with Crippen LogP contribution >= 0.6 is 0 Å². The van der Waals surface area contributed by atoms with Crippen molar-refractivity contribution in [3.8, 4) is 0 Å². The fraction of sp³-hybridized carbons (Fsp3) is 0.290. The minimum atomic E-state index is -1.82. The maximum Gasteiger partial charge on any atom is 0.414 e. The number of amides is 1. The third-order valence-corrected chi connectivity index (χ3v) is 7.27. The average Bonchev–Trinajstić information content (AvgIpc) is 3.41. The maximum atomic E-state index is 13.1. The highest BCUT2D eigenvalue weighted by Crippen LogP contribution is 2.29. The molecule has 4 aromatic rings. The van der Waals surface area contributed by atoms with Gasteiger partial charge in [-0.1, -0.05) is 30.3 Å². The number of likely N-dealkylation sites (N-methyl/N-ethyl adjacent to an activating group) is 1. The molecule has 1 aliphatic rings. The van der Waals surface area contributed by atoms with E-state index in [0.717, 1.165) is 44.5 Å². The highest BCUT2D eigenvalue weighted by Gasteiger charge is 2.22. The summed E-state index contributed by atoms with van der Waals surface area (Å²) in [5.74, 6) is -3.14. The van der Waals surface area contributed by atoms with E-state index in [1.54, 1.807) is 18.1 Å². The van der Waals surface area contributed by atoms with E-state index < -0.39 is 11.9 Å². The molecule has 1 fully saturated rings. The number of anilines is 1. The molecule has 0 saturated carbocycles. The van der Waals surface area contributed by atoms with E-state index in [-0.39, 0.29) is 11.7 Å². The molecule has 2 N–H and O–H groups in total. The summed E-state index contributed by atoms with van der Waals surface area (Å²) in [6.45, 7) is 3.11. The molecule has 5 rings (SSSR count). The van der Waals surface area contributed by atoms with Crippen LogP contribution in [0.3, 0.4) is 0 Å². The van der Waals surface area contributed by atoms with Crippen molar-refractivity contribution in [1.82, 2.24) is 14.5 Å². The molecule has 0 radical (unpaired) electrons. The number of carbonyl (C=O) groups excluding carboxylic acids is 1. The van der Waals surface area contributed by atoms with Gasteiger partial charge in [0.15, 0.2) is 0 Å². The number of carbonyl (C=O) groups is 3. The van der Waals surface area contributed by atoms with Crippen molar-refractivity contribution in [1.29, 1.82) is 0 Å². The van der Waals surface area contributed by atoms with E-state index in [0.29, 0.717) is 18.3 Å². The number of carboxylic acid groups (broad SMARTS) is 2. The minimum absolute atomic E-state index is 0.0237. The molecule has 10 heteroatoms. The van der Waals surface area contributed by atoms with Gasteiger partial charge < -0.3 is 19.7 Å². The smallest absolute Gasteiger partial charge is 0.414 e. The van der Waals surface area contributed by atoms with Crippen LogP contribution in [0.25, 0.3) is 10.9 Å². The lowest BCUT2D eigenvalue weighted by Crippen LogP contribution is -2.35. The molecular formula is C31H33FN4O5. The summed E-state index contributed by atoms with van der Waals surface area (Å²) in [5, 5.41) is 16.0. The van der Waals surface area contributed by atoms with Gasteiger partial charge in [0.25, 0.3) is 0 Å². The Balaban J connectivity index is 0.000000585. The lowest BCUT2D eigenvalue weighted by atomic mass is 10.0. The molecule has 1 aliphatic heterocycles. The van der Waals surface area contributed by atoms with E-state index >= 15 is 0 Å². The number of piperidine rings is 1. The zero-order valence-electron chi connectivity index (χ0n) is 22.8. The van der Waals surface area contributed by atoms with Crippen LogP contribution in [0, 0.1) is 5.82 Å². The van der Waals surface area contributed by atoms with Gasteiger partial charge in [0.2, 0.25) is 5.91 Å². The van der Waals surface area contributed by atoms with Crippen LogP contribution < -0.4 is 4.90 Å². The standard InChI is InChI=1S/C29H31FN4O.C2H2O4/c1-32(28-4-2-3-15-31-28)29(35)21-23-5-8-24-12-19-34(27(24)20-23)26-13-17-33(18-14-26)16-11-22-6-9-25(30)10-7-22;3-1(4)2(5)6/h2-10,12,15,19-20,26H,11,13-14,16-18,21H2,1H3;(H,3,4)(H,5,6). The first-order valence-electron chi connectivity index (χ1n) is 13.4. The second-order valence-electron chi connectivity index (χ2n) is 9.99. The van der Waals surface area contributed by atoms with Gasteiger partial charge in [-0.3, -0.25) is 9.69 Å². The molecule has 1 amide bonds. The Hall–Kier alpha value is -4.57. The van der Waals surface area contributed by atoms with Gasteiger partial charge in [-0.25, -0.2) is 19.0 Å². The zero-order valence-corrected chi connectivity index (χ0v) is 22.8. The second kappa shape index (κ2) is 13.7. The lowest BCUT2D eigenvalue weighted by Gasteiger charge is -2.33. The molecule has 2 aromatic carbocycles. The summed E-state index contributed by atoms with van der Waals surface area (Å²) in [6.07, 6.45) is 7.37. The Labute approximate surface area is 237 Å². The number of benzene rings is 2. The Morgan fingerprint density at radius 3 is 2.27 bits per heavy atom. The summed E-state index contributed by atoms with van der Waals surface area (Å²) in [6, 6.07) is 21.4. The highest BCUT2D eigenvalue weighted by molar-refractivity contribution is 6.27. The van der Waals surface area contributed by atoms with Crippen molar-refractivity contribution in [2.75, 3.05) is 31.6 Å². The Morgan fingerprint density at radius 2 is 1.63 bits per heavy atom. The van der Waals surface area contributed by atoms with Crippen molar-refractivity contribution < 1.29 is 29.0 Å². The van der Waals surface area contributed by atoms with E-state index in [2.05, 4.69) is 44.9 Å². The van der Waals surface area contributed by atoms with Gasteiger partial charge in [-0.05, 0) is 72.2 Å². The molecule has 9 nitrogen and oxygen atoms in total. The number of carboxylic acids is 2. The van der Waals surface area contributed by atoms with Gasteiger partial charge >= 0.3 is 11.9 Å². The summed E-state index contributed by atoms with van der Waals surface area (Å²) < 4.78 is 15.5. The molecule has 41 heavy (non-hydrogen) atoms. The number of rotatable bonds is 7. The van der Waals surface area contributed by atoms with E-state index in [4.69, 9.17) is 19.8 Å². The first-order valence-corrected chi connectivity index (χ1v) is 13.4. The minimum Gasteiger partial charge on any atom is -0.473 e. The van der Waals surface area contributed by atoms with Crippen LogP contribution in [0.4, 0.5) is 10.2 Å². The maximum absolute atomic E-state index is 13.1. The Morgan fingerprint density at radius 1 is 0.951 bits per heavy atom. The third kappa shape index (κ3) is 7.98. The van der Waals surface area contributed by atoms with E-state index in [1.165, 1.54) is 28.6 Å². The number of aliphatic carboxylic acids is 2. The molecule has 0 bridgehead atoms. The summed E-state index contributed by atoms with van der Waals surface area (Å²) in [4.78, 5) is 39.4. The van der Waals surface area contributed by atoms with E-state index in [1.807, 2.05) is 30.3 Å². The summed E-state index contributed by atoms with van der Waals surface area (Å²) in [5.41, 5.74) is 3.39. The van der Waals surface area contributed by atoms with Crippen LogP contribution in [-0.4, -0.2) is 69.2 Å². The quantitative estimate of drug-likeness (QED) is 0.322. The SMILES string of the molecule is CN(C(=O)Cc1ccc2ccn(C3CCN(CCc4ccc(F)cc4)CC3)c2c1)c1ccccn1.O=C(O)C(=O)O. The fourth-order valence-electron chi connectivity index (χ4n) is 4.96. The number of pyridine rings is 1. The fourth-order valence-corrected chi connectivity index (χ4v) is 4.96. The van der Waals surface area contributed by atoms with Crippen LogP contribution in [0.2, 0.25) is 0 Å². The van der Waals surface area contributed by atoms with Crippen molar-refractivity contribution in [2.24, 2.45) is 0 Å². The molecule has 0 spiro atoms. The van der Waals surface area contributed by atoms with Crippen molar-refractivity contribution in [3.63, 3.8) is 0 Å². The normalized spacial score (nSPS) is 13.8. The molecule has 0 unspecified atom stereocenters. The highest BCUT2D eigenvalue weighted by atomic mass is 19.1. The number of halogens is 1. The first-order chi connectivity index (χ1) is 19.7. The number of hydrogen-bond donors (Lipinski definition) is 2. The van der Waals surface area contributed by atoms with Gasteiger partial charge in [-0.2, -0.15) is 0 Å². The number of fused-ring (bicyclic) bond motifs is 1. The van der Waals surface area contributed by atoms with Crippen LogP contribution in [0.1, 0.15) is 30.0 Å². The van der Waals surface area contributed by atoms with Crippen LogP contribution in [-0.2, 0) is 27.2 Å². The molecule has 3 heterocycles. The molecule has 0 aliphatic carbocycles. The second-order valence-corrected chi connectivity index (χ2v) is 9.99. The first kappa shape index (κ1) is 29.4. The third-order valence-electron chi connectivity index (χ3n) is 7.27. The largest absolute Gasteiger partial charge is 0.473 e. The van der Waals surface area contributed by atoms with Crippen molar-refractivity contribution in [3.05, 3.63) is 96.1 Å². The van der Waals surface area contributed by atoms with Gasteiger partial charge in [0.1, 0.15) is 11.6 Å². The number of likely N-dealkylation sites (tertiary alicyclic amines) is 1. The predicted octanol–water partition coefficient (Wildman–Crippen LogP) is 4.42. The predicted molar refractivity (Wildman–Crippen MR) is 153 cm³/mol. The molecule has 214 valence electrons. The number of nitrogens with zero attached hydrogens (tertiary/aromatic N) is 4. The van der Waals surface area contributed by atoms with Gasteiger partial charge in [0, 0.05) is 50.6 Å². The van der Waals surface area contributed by atoms with Crippen molar-refractivity contribution in [2.45, 2.75) is 31.7 Å². The van der Waals surface area contributed by atoms with Gasteiger partial charge in [-0.15, -0.1) is 0 Å². The molecule has 1 saturated heterocycles. The zero-order chi connectivity index (χ0) is 29.4. The number of hydrogen-bond acceptors (Lipinski definition) is 5. The molecule has 0 atom stereocenters. The lowest BCUT2D eigenvalue weighted by molar-refractivity contribution is -0.159. The summed E-state index contributed by atoms with van der Waals surface area (Å²) >= 11 is 0. The molecular weight excluding hydrogens is 527 g/mol. The molecule has 2 aromatic heterocycles. The Bertz CT molecular complexity index is 1470. The average molecular weight is 561 g/mol.